The van der Waals surface area contributed by atoms with Crippen LogP contribution in [0.1, 0.15) is 21.5 Å². The number of carbonyl (C=O) groups excluding carboxylic acids is 3. The highest BCUT2D eigenvalue weighted by Crippen LogP contribution is 2.35. The average Bonchev–Trinajstić information content (AvgIpc) is 3.18. The van der Waals surface area contributed by atoms with Crippen molar-refractivity contribution in [1.82, 2.24) is 4.90 Å². The van der Waals surface area contributed by atoms with Gasteiger partial charge in [-0.05, 0) is 71.9 Å². The second kappa shape index (κ2) is 11.2. The summed E-state index contributed by atoms with van der Waals surface area (Å²) in [5, 5.41) is 1.34. The van der Waals surface area contributed by atoms with Gasteiger partial charge in [0.15, 0.2) is 0 Å². The minimum atomic E-state index is -0.514. The van der Waals surface area contributed by atoms with E-state index >= 15 is 0 Å². The molecule has 190 valence electrons. The molecule has 0 unspecified atom stereocenters. The first-order valence-electron chi connectivity index (χ1n) is 11.8. The van der Waals surface area contributed by atoms with Crippen LogP contribution >= 0.6 is 27.7 Å². The number of carbonyl (C=O) groups is 3. The third-order valence-electron chi connectivity index (χ3n) is 5.95. The van der Waals surface area contributed by atoms with Crippen molar-refractivity contribution in [3.05, 3.63) is 111 Å². The number of esters is 1. The number of benzene rings is 4. The minimum Gasteiger partial charge on any atom is -0.492 e. The van der Waals surface area contributed by atoms with E-state index in [1.54, 1.807) is 36.4 Å². The van der Waals surface area contributed by atoms with E-state index in [1.807, 2.05) is 61.5 Å². The number of hydrogen-bond acceptors (Lipinski definition) is 6. The molecule has 1 aliphatic heterocycles. The van der Waals surface area contributed by atoms with Gasteiger partial charge >= 0.3 is 5.97 Å². The normalized spacial score (nSPS) is 14.4. The summed E-state index contributed by atoms with van der Waals surface area (Å²) < 4.78 is 12.2. The zero-order valence-corrected chi connectivity index (χ0v) is 22.8. The molecular weight excluding hydrogens is 566 g/mol. The quantitative estimate of drug-likeness (QED) is 0.129. The predicted octanol–water partition coefficient (Wildman–Crippen LogP) is 7.25. The summed E-state index contributed by atoms with van der Waals surface area (Å²) in [5.74, 6) is 0.0180. The summed E-state index contributed by atoms with van der Waals surface area (Å²) in [6, 6.07) is 25.7. The molecule has 0 saturated carbocycles. The van der Waals surface area contributed by atoms with Crippen molar-refractivity contribution >= 4 is 61.7 Å². The number of aryl methyl sites for hydroxylation is 1. The maximum atomic E-state index is 13.1. The van der Waals surface area contributed by atoms with Crippen LogP contribution in [0.2, 0.25) is 0 Å². The Morgan fingerprint density at radius 1 is 0.974 bits per heavy atom. The number of nitrogens with zero attached hydrogens (tertiary/aromatic N) is 1. The molecule has 0 radical (unpaired) electrons. The molecule has 38 heavy (non-hydrogen) atoms. The zero-order chi connectivity index (χ0) is 26.6. The maximum Gasteiger partial charge on any atom is 0.344 e. The predicted molar refractivity (Wildman–Crippen MR) is 152 cm³/mol. The Morgan fingerprint density at radius 3 is 2.55 bits per heavy atom. The van der Waals surface area contributed by atoms with Crippen LogP contribution in [0.3, 0.4) is 0 Å². The fraction of sp³-hybridized carbons (Fsp3) is 0.100. The van der Waals surface area contributed by atoms with Crippen LogP contribution in [0.4, 0.5) is 4.79 Å². The summed E-state index contributed by atoms with van der Waals surface area (Å²) in [6.07, 6.45) is 1.57. The van der Waals surface area contributed by atoms with Crippen molar-refractivity contribution in [3.63, 3.8) is 0 Å². The zero-order valence-electron chi connectivity index (χ0n) is 20.3. The first-order valence-corrected chi connectivity index (χ1v) is 13.4. The largest absolute Gasteiger partial charge is 0.492 e. The Bertz CT molecular complexity index is 1580. The van der Waals surface area contributed by atoms with E-state index in [-0.39, 0.29) is 29.0 Å². The molecule has 0 bridgehead atoms. The first kappa shape index (κ1) is 25.8. The Morgan fingerprint density at radius 2 is 1.74 bits per heavy atom. The van der Waals surface area contributed by atoms with Gasteiger partial charge in [-0.2, -0.15) is 0 Å². The molecule has 0 aromatic heterocycles. The number of thioether (sulfide) groups is 1. The lowest BCUT2D eigenvalue weighted by molar-refractivity contribution is -0.123. The highest BCUT2D eigenvalue weighted by atomic mass is 79.9. The number of hydrogen-bond donors (Lipinski definition) is 0. The molecule has 0 aliphatic carbocycles. The lowest BCUT2D eigenvalue weighted by Crippen LogP contribution is -2.32. The number of imide groups is 1. The van der Waals surface area contributed by atoms with Gasteiger partial charge in [-0.1, -0.05) is 70.0 Å². The smallest absolute Gasteiger partial charge is 0.344 e. The van der Waals surface area contributed by atoms with Crippen LogP contribution in [-0.4, -0.2) is 35.2 Å². The molecule has 0 N–H and O–H groups in total. The highest BCUT2D eigenvalue weighted by Gasteiger charge is 2.35. The van der Waals surface area contributed by atoms with E-state index in [9.17, 15) is 14.4 Å². The summed E-state index contributed by atoms with van der Waals surface area (Å²) >= 11 is 4.28. The maximum absolute atomic E-state index is 13.1. The third-order valence-corrected chi connectivity index (χ3v) is 7.35. The molecule has 0 spiro atoms. The van der Waals surface area contributed by atoms with Crippen molar-refractivity contribution in [2.45, 2.75) is 6.92 Å². The van der Waals surface area contributed by atoms with Gasteiger partial charge in [0.05, 0.1) is 17.0 Å². The van der Waals surface area contributed by atoms with Crippen molar-refractivity contribution in [3.8, 4) is 11.5 Å². The van der Waals surface area contributed by atoms with Gasteiger partial charge in [0.1, 0.15) is 18.1 Å². The fourth-order valence-electron chi connectivity index (χ4n) is 4.01. The van der Waals surface area contributed by atoms with Gasteiger partial charge in [0.25, 0.3) is 11.1 Å². The molecular formula is C30H22BrNO5S. The standard InChI is InChI=1S/C30H22BrNO5S/c1-19-9-12-23(13-10-19)36-16-15-32-28(33)27(38-30(32)35)18-21-17-22(31)11-14-26(21)37-29(34)25-8-4-6-20-5-2-3-7-24(20)25/h2-14,17-18H,15-16H2,1H3/b27-18-. The van der Waals surface area contributed by atoms with Gasteiger partial charge in [-0.15, -0.1) is 0 Å². The number of halogens is 1. The molecule has 4 aromatic rings. The summed E-state index contributed by atoms with van der Waals surface area (Å²) in [6.45, 7) is 2.29. The molecule has 6 nitrogen and oxygen atoms in total. The fourth-order valence-corrected chi connectivity index (χ4v) is 5.24. The van der Waals surface area contributed by atoms with Crippen LogP contribution in [0, 0.1) is 6.92 Å². The molecule has 5 rings (SSSR count). The lowest BCUT2D eigenvalue weighted by atomic mass is 10.0. The van der Waals surface area contributed by atoms with Crippen LogP contribution in [0.5, 0.6) is 11.5 Å². The van der Waals surface area contributed by atoms with Crippen LogP contribution < -0.4 is 9.47 Å². The number of ether oxygens (including phenoxy) is 2. The van der Waals surface area contributed by atoms with E-state index in [4.69, 9.17) is 9.47 Å². The number of amides is 2. The van der Waals surface area contributed by atoms with Crippen LogP contribution in [0.15, 0.2) is 94.3 Å². The molecule has 0 atom stereocenters. The first-order chi connectivity index (χ1) is 18.4. The van der Waals surface area contributed by atoms with Gasteiger partial charge in [0.2, 0.25) is 0 Å². The topological polar surface area (TPSA) is 72.9 Å². The van der Waals surface area contributed by atoms with Crippen molar-refractivity contribution in [1.29, 1.82) is 0 Å². The SMILES string of the molecule is Cc1ccc(OCCN2C(=O)S/C(=C\c3cc(Br)ccc3OC(=O)c3cccc4ccccc34)C2=O)cc1. The van der Waals surface area contributed by atoms with Crippen molar-refractivity contribution in [2.24, 2.45) is 0 Å². The van der Waals surface area contributed by atoms with Crippen LogP contribution in [0.25, 0.3) is 16.8 Å². The highest BCUT2D eigenvalue weighted by molar-refractivity contribution is 9.10. The minimum absolute atomic E-state index is 0.122. The van der Waals surface area contributed by atoms with E-state index in [2.05, 4.69) is 15.9 Å². The van der Waals surface area contributed by atoms with E-state index in [0.717, 1.165) is 37.5 Å². The second-order valence-corrected chi connectivity index (χ2v) is 10.5. The number of rotatable bonds is 7. The second-order valence-electron chi connectivity index (χ2n) is 8.59. The molecule has 1 heterocycles. The molecule has 1 aliphatic rings. The summed E-state index contributed by atoms with van der Waals surface area (Å²) in [4.78, 5) is 40.1. The molecule has 1 saturated heterocycles. The Labute approximate surface area is 232 Å². The molecule has 2 amide bonds. The van der Waals surface area contributed by atoms with Gasteiger partial charge in [-0.3, -0.25) is 14.5 Å². The van der Waals surface area contributed by atoms with E-state index in [0.29, 0.717) is 16.9 Å². The molecule has 4 aromatic carbocycles. The molecule has 1 fully saturated rings. The average molecular weight is 588 g/mol. The lowest BCUT2D eigenvalue weighted by Gasteiger charge is -2.13. The van der Waals surface area contributed by atoms with Crippen LogP contribution in [-0.2, 0) is 4.79 Å². The van der Waals surface area contributed by atoms with Gasteiger partial charge in [-0.25, -0.2) is 4.79 Å². The summed E-state index contributed by atoms with van der Waals surface area (Å²) in [5.41, 5.74) is 2.04. The van der Waals surface area contributed by atoms with Gasteiger partial charge in [0, 0.05) is 10.0 Å². The van der Waals surface area contributed by atoms with Gasteiger partial charge < -0.3 is 9.47 Å². The summed E-state index contributed by atoms with van der Waals surface area (Å²) in [7, 11) is 0. The number of fused-ring (bicyclic) bond motifs is 1. The Balaban J connectivity index is 1.33. The third kappa shape index (κ3) is 5.66. The Hall–Kier alpha value is -3.88. The van der Waals surface area contributed by atoms with Crippen molar-refractivity contribution < 1.29 is 23.9 Å². The van der Waals surface area contributed by atoms with E-state index in [1.165, 1.54) is 0 Å². The molecule has 8 heteroatoms. The Kier molecular flexibility index (Phi) is 7.62. The van der Waals surface area contributed by atoms with E-state index < -0.39 is 11.9 Å². The monoisotopic (exact) mass is 587 g/mol. The van der Waals surface area contributed by atoms with Crippen molar-refractivity contribution in [2.75, 3.05) is 13.2 Å².